The van der Waals surface area contributed by atoms with Crippen molar-refractivity contribution in [2.75, 3.05) is 13.2 Å². The molecule has 0 fully saturated rings. The van der Waals surface area contributed by atoms with Gasteiger partial charge in [0.25, 0.3) is 0 Å². The Balaban J connectivity index is 3.09. The molecule has 0 rings (SSSR count). The third kappa shape index (κ3) is 12.0. The Morgan fingerprint density at radius 1 is 0.938 bits per heavy atom. The molecule has 16 heavy (non-hydrogen) atoms. The van der Waals surface area contributed by atoms with Crippen LogP contribution < -0.4 is 0 Å². The molecule has 1 atom stereocenters. The van der Waals surface area contributed by atoms with Gasteiger partial charge in [-0.1, -0.05) is 39.0 Å². The summed E-state index contributed by atoms with van der Waals surface area (Å²) in [4.78, 5) is 0. The normalized spacial score (nSPS) is 12.9. The average molecular weight is 230 g/mol. The zero-order chi connectivity index (χ0) is 12.1. The highest BCUT2D eigenvalue weighted by atomic mass is 16.5. The SMILES string of the molecule is CCCCCCCC(C)OCCCCCO. The molecular formula is C14H30O2. The van der Waals surface area contributed by atoms with Gasteiger partial charge in [-0.3, -0.25) is 0 Å². The van der Waals surface area contributed by atoms with E-state index in [4.69, 9.17) is 9.84 Å². The molecule has 0 aliphatic rings. The van der Waals surface area contributed by atoms with Crippen LogP contribution in [0.25, 0.3) is 0 Å². The largest absolute Gasteiger partial charge is 0.396 e. The summed E-state index contributed by atoms with van der Waals surface area (Å²) in [5, 5.41) is 8.62. The van der Waals surface area contributed by atoms with Crippen LogP contribution in [-0.2, 0) is 4.74 Å². The fourth-order valence-corrected chi connectivity index (χ4v) is 1.79. The first-order chi connectivity index (χ1) is 7.81. The second-order valence-corrected chi connectivity index (χ2v) is 4.67. The van der Waals surface area contributed by atoms with E-state index in [0.717, 1.165) is 25.9 Å². The van der Waals surface area contributed by atoms with Crippen molar-refractivity contribution in [3.63, 3.8) is 0 Å². The zero-order valence-corrected chi connectivity index (χ0v) is 11.2. The van der Waals surface area contributed by atoms with E-state index in [1.807, 2.05) is 0 Å². The average Bonchev–Trinajstić information content (AvgIpc) is 2.28. The van der Waals surface area contributed by atoms with Crippen molar-refractivity contribution >= 4 is 0 Å². The van der Waals surface area contributed by atoms with Crippen LogP contribution >= 0.6 is 0 Å². The number of aliphatic hydroxyl groups is 1. The predicted octanol–water partition coefficient (Wildman–Crippen LogP) is 3.91. The standard InChI is InChI=1S/C14H30O2/c1-3-4-5-6-8-11-14(2)16-13-10-7-9-12-15/h14-15H,3-13H2,1-2H3. The summed E-state index contributed by atoms with van der Waals surface area (Å²) < 4.78 is 5.71. The number of hydrogen-bond acceptors (Lipinski definition) is 2. The van der Waals surface area contributed by atoms with E-state index in [1.54, 1.807) is 0 Å². The maximum atomic E-state index is 8.62. The topological polar surface area (TPSA) is 29.5 Å². The molecule has 2 heteroatoms. The first kappa shape index (κ1) is 15.9. The summed E-state index contributed by atoms with van der Waals surface area (Å²) in [6.45, 7) is 5.59. The highest BCUT2D eigenvalue weighted by molar-refractivity contribution is 4.52. The first-order valence-electron chi connectivity index (χ1n) is 7.03. The van der Waals surface area contributed by atoms with Crippen molar-refractivity contribution in [2.45, 2.75) is 77.7 Å². The van der Waals surface area contributed by atoms with Gasteiger partial charge in [0.05, 0.1) is 6.10 Å². The molecule has 0 radical (unpaired) electrons. The molecule has 1 unspecified atom stereocenters. The van der Waals surface area contributed by atoms with E-state index >= 15 is 0 Å². The summed E-state index contributed by atoms with van der Waals surface area (Å²) in [5.41, 5.74) is 0. The Morgan fingerprint density at radius 3 is 2.31 bits per heavy atom. The Labute approximate surface area is 101 Å². The van der Waals surface area contributed by atoms with Crippen LogP contribution in [0.5, 0.6) is 0 Å². The second kappa shape index (κ2) is 13.0. The van der Waals surface area contributed by atoms with Gasteiger partial charge in [-0.2, -0.15) is 0 Å². The molecule has 98 valence electrons. The predicted molar refractivity (Wildman–Crippen MR) is 69.7 cm³/mol. The molecule has 0 bridgehead atoms. The summed E-state index contributed by atoms with van der Waals surface area (Å²) >= 11 is 0. The molecule has 0 aliphatic carbocycles. The van der Waals surface area contributed by atoms with Gasteiger partial charge >= 0.3 is 0 Å². The van der Waals surface area contributed by atoms with Crippen LogP contribution in [0.2, 0.25) is 0 Å². The van der Waals surface area contributed by atoms with Crippen molar-refractivity contribution in [1.82, 2.24) is 0 Å². The van der Waals surface area contributed by atoms with Gasteiger partial charge in [0.15, 0.2) is 0 Å². The monoisotopic (exact) mass is 230 g/mol. The van der Waals surface area contributed by atoms with Crippen molar-refractivity contribution in [3.8, 4) is 0 Å². The van der Waals surface area contributed by atoms with Crippen molar-refractivity contribution in [3.05, 3.63) is 0 Å². The Bertz CT molecular complexity index is 112. The Kier molecular flexibility index (Phi) is 12.9. The minimum atomic E-state index is 0.312. The molecule has 0 aromatic rings. The highest BCUT2D eigenvalue weighted by Crippen LogP contribution is 2.09. The van der Waals surface area contributed by atoms with E-state index in [9.17, 15) is 0 Å². The fourth-order valence-electron chi connectivity index (χ4n) is 1.79. The van der Waals surface area contributed by atoms with E-state index in [-0.39, 0.29) is 0 Å². The lowest BCUT2D eigenvalue weighted by Gasteiger charge is -2.12. The molecule has 0 aliphatic heterocycles. The second-order valence-electron chi connectivity index (χ2n) is 4.67. The van der Waals surface area contributed by atoms with E-state index in [0.29, 0.717) is 12.7 Å². The highest BCUT2D eigenvalue weighted by Gasteiger charge is 2.01. The van der Waals surface area contributed by atoms with Gasteiger partial charge in [0.2, 0.25) is 0 Å². The Morgan fingerprint density at radius 2 is 1.62 bits per heavy atom. The third-order valence-electron chi connectivity index (χ3n) is 2.92. The molecule has 0 aromatic carbocycles. The number of unbranched alkanes of at least 4 members (excludes halogenated alkanes) is 6. The summed E-state index contributed by atoms with van der Waals surface area (Å²) in [6, 6.07) is 0. The van der Waals surface area contributed by atoms with Gasteiger partial charge < -0.3 is 9.84 Å². The Hall–Kier alpha value is -0.0800. The van der Waals surface area contributed by atoms with Crippen LogP contribution in [0.3, 0.4) is 0 Å². The first-order valence-corrected chi connectivity index (χ1v) is 7.03. The van der Waals surface area contributed by atoms with Gasteiger partial charge in [-0.15, -0.1) is 0 Å². The summed E-state index contributed by atoms with van der Waals surface area (Å²) in [6.07, 6.45) is 11.4. The van der Waals surface area contributed by atoms with Crippen molar-refractivity contribution in [1.29, 1.82) is 0 Å². The fraction of sp³-hybridized carbons (Fsp3) is 1.00. The van der Waals surface area contributed by atoms with Crippen LogP contribution in [-0.4, -0.2) is 24.4 Å². The third-order valence-corrected chi connectivity index (χ3v) is 2.92. The molecule has 2 nitrogen and oxygen atoms in total. The minimum absolute atomic E-state index is 0.312. The lowest BCUT2D eigenvalue weighted by atomic mass is 10.1. The molecule has 0 aromatic heterocycles. The van der Waals surface area contributed by atoms with Gasteiger partial charge in [0.1, 0.15) is 0 Å². The van der Waals surface area contributed by atoms with Crippen LogP contribution in [0.15, 0.2) is 0 Å². The number of ether oxygens (including phenoxy) is 1. The lowest BCUT2D eigenvalue weighted by molar-refractivity contribution is 0.0552. The lowest BCUT2D eigenvalue weighted by Crippen LogP contribution is -2.09. The molecule has 0 heterocycles. The van der Waals surface area contributed by atoms with E-state index < -0.39 is 0 Å². The molecule has 0 saturated carbocycles. The van der Waals surface area contributed by atoms with E-state index in [2.05, 4.69) is 13.8 Å². The zero-order valence-electron chi connectivity index (χ0n) is 11.2. The van der Waals surface area contributed by atoms with Crippen molar-refractivity contribution < 1.29 is 9.84 Å². The molecular weight excluding hydrogens is 200 g/mol. The summed E-state index contributed by atoms with van der Waals surface area (Å²) in [5.74, 6) is 0. The molecule has 0 spiro atoms. The smallest absolute Gasteiger partial charge is 0.0547 e. The molecule has 1 N–H and O–H groups in total. The maximum Gasteiger partial charge on any atom is 0.0547 e. The van der Waals surface area contributed by atoms with Crippen LogP contribution in [0.1, 0.15) is 71.6 Å². The van der Waals surface area contributed by atoms with Crippen molar-refractivity contribution in [2.24, 2.45) is 0 Å². The van der Waals surface area contributed by atoms with Crippen LogP contribution in [0.4, 0.5) is 0 Å². The number of hydrogen-bond donors (Lipinski definition) is 1. The minimum Gasteiger partial charge on any atom is -0.396 e. The van der Waals surface area contributed by atoms with Gasteiger partial charge in [-0.05, 0) is 32.6 Å². The maximum absolute atomic E-state index is 8.62. The molecule has 0 saturated heterocycles. The van der Waals surface area contributed by atoms with Gasteiger partial charge in [0, 0.05) is 13.2 Å². The van der Waals surface area contributed by atoms with Gasteiger partial charge in [-0.25, -0.2) is 0 Å². The van der Waals surface area contributed by atoms with E-state index in [1.165, 1.54) is 38.5 Å². The number of aliphatic hydroxyl groups excluding tert-OH is 1. The summed E-state index contributed by atoms with van der Waals surface area (Å²) in [7, 11) is 0. The quantitative estimate of drug-likeness (QED) is 0.515. The van der Waals surface area contributed by atoms with Crippen LogP contribution in [0, 0.1) is 0 Å². The number of rotatable bonds is 12. The molecule has 0 amide bonds.